The van der Waals surface area contributed by atoms with Gasteiger partial charge in [-0.05, 0) is 87.5 Å². The molecule has 1 aliphatic rings. The number of likely N-dealkylation sites (tertiary alicyclic amines) is 1. The van der Waals surface area contributed by atoms with E-state index < -0.39 is 145 Å². The molecule has 1 saturated heterocycles. The van der Waals surface area contributed by atoms with Crippen LogP contribution in [0.15, 0.2) is 54.6 Å². The van der Waals surface area contributed by atoms with Gasteiger partial charge in [0.25, 0.3) is 0 Å². The standard InChI is InChI=1S/C51H73N9O15/c1-7-28(4)42(59-44(67)30(6)53-46(69)35(19-21-40(62)63)56-45(68)34(52)25-31-12-9-8-10-13-31)50(73)60-23-11-14-39(60)49(72)54-29(5)43(66)55-36(20-22-41(64)65)47(70)57-37(26-32-15-17-33(61)18-16-32)48(71)58-38(51(74)75)24-27(2)3/h8-10,12-13,15-18,27-30,34-39,42,61H,7,11,14,19-26,52H2,1-6H3,(H,53,69)(H,54,72)(H,55,66)(H,56,68)(H,57,70)(H,58,71)(H,59,67)(H,62,63)(H,64,65)(H,74,75)/t28-,29-,30-,34-,35-,36-,37-,38-,39-,42-/m0/s1. The number of aliphatic carboxylic acids is 3. The third kappa shape index (κ3) is 20.3. The molecular weight excluding hydrogens is 979 g/mol. The highest BCUT2D eigenvalue weighted by Crippen LogP contribution is 2.22. The number of hydrogen-bond acceptors (Lipinski definition) is 13. The van der Waals surface area contributed by atoms with Gasteiger partial charge in [-0.1, -0.05) is 76.6 Å². The van der Waals surface area contributed by atoms with Crippen LogP contribution in [-0.2, 0) is 65.6 Å². The number of nitrogens with two attached hydrogens (primary N) is 1. The van der Waals surface area contributed by atoms with E-state index in [9.17, 15) is 73.2 Å². The molecule has 0 aromatic heterocycles. The van der Waals surface area contributed by atoms with E-state index in [1.807, 2.05) is 0 Å². The first-order chi connectivity index (χ1) is 35.3. The van der Waals surface area contributed by atoms with Crippen LogP contribution in [0, 0.1) is 11.8 Å². The number of carbonyl (C=O) groups is 11. The topological polar surface area (TPSA) is 382 Å². The molecule has 1 aliphatic heterocycles. The highest BCUT2D eigenvalue weighted by atomic mass is 16.4. The van der Waals surface area contributed by atoms with Crippen LogP contribution in [0.4, 0.5) is 0 Å². The maximum atomic E-state index is 14.3. The summed E-state index contributed by atoms with van der Waals surface area (Å²) in [4.78, 5) is 146. The van der Waals surface area contributed by atoms with Crippen molar-refractivity contribution in [2.75, 3.05) is 6.54 Å². The van der Waals surface area contributed by atoms with Crippen LogP contribution in [-0.4, -0.2) is 151 Å². The van der Waals surface area contributed by atoms with Crippen LogP contribution < -0.4 is 43.0 Å². The predicted molar refractivity (Wildman–Crippen MR) is 270 cm³/mol. The first-order valence-corrected chi connectivity index (χ1v) is 25.0. The Kier molecular flexibility index (Phi) is 24.6. The number of phenols is 1. The van der Waals surface area contributed by atoms with Gasteiger partial charge in [-0.3, -0.25) is 47.9 Å². The summed E-state index contributed by atoms with van der Waals surface area (Å²) in [5, 5.41) is 55.9. The van der Waals surface area contributed by atoms with Crippen molar-refractivity contribution in [3.8, 4) is 5.75 Å². The third-order valence-electron chi connectivity index (χ3n) is 12.6. The van der Waals surface area contributed by atoms with Crippen LogP contribution >= 0.6 is 0 Å². The number of nitrogens with one attached hydrogen (secondary N) is 7. The Morgan fingerprint density at radius 2 is 1.09 bits per heavy atom. The van der Waals surface area contributed by atoms with Crippen molar-refractivity contribution in [3.05, 3.63) is 65.7 Å². The van der Waals surface area contributed by atoms with Gasteiger partial charge in [-0.15, -0.1) is 0 Å². The van der Waals surface area contributed by atoms with Gasteiger partial charge in [-0.25, -0.2) is 4.79 Å². The van der Waals surface area contributed by atoms with E-state index in [1.165, 1.54) is 43.0 Å². The zero-order valence-electron chi connectivity index (χ0n) is 43.1. The summed E-state index contributed by atoms with van der Waals surface area (Å²) in [7, 11) is 0. The van der Waals surface area contributed by atoms with Crippen molar-refractivity contribution in [2.45, 2.75) is 160 Å². The minimum absolute atomic E-state index is 0.0571. The zero-order chi connectivity index (χ0) is 56.1. The smallest absolute Gasteiger partial charge is 0.326 e. The molecule has 75 heavy (non-hydrogen) atoms. The van der Waals surface area contributed by atoms with E-state index in [0.717, 1.165) is 5.56 Å². The minimum atomic E-state index is -1.58. The number of carboxylic acid groups (broad SMARTS) is 3. The van der Waals surface area contributed by atoms with Crippen molar-refractivity contribution in [1.29, 1.82) is 0 Å². The van der Waals surface area contributed by atoms with Crippen LogP contribution in [0.2, 0.25) is 0 Å². The number of carboxylic acids is 3. The Morgan fingerprint density at radius 3 is 1.64 bits per heavy atom. The molecule has 412 valence electrons. The maximum Gasteiger partial charge on any atom is 0.326 e. The molecule has 0 spiro atoms. The first-order valence-electron chi connectivity index (χ1n) is 25.0. The summed E-state index contributed by atoms with van der Waals surface area (Å²) in [5.41, 5.74) is 7.30. The first kappa shape index (κ1) is 61.7. The van der Waals surface area contributed by atoms with Crippen LogP contribution in [0.5, 0.6) is 5.75 Å². The van der Waals surface area contributed by atoms with Gasteiger partial charge in [0, 0.05) is 25.8 Å². The average molecular weight is 1050 g/mol. The fourth-order valence-electron chi connectivity index (χ4n) is 8.12. The molecule has 13 N–H and O–H groups in total. The number of aromatic hydroxyl groups is 1. The molecule has 0 aliphatic carbocycles. The Bertz CT molecular complexity index is 2330. The summed E-state index contributed by atoms with van der Waals surface area (Å²) < 4.78 is 0. The van der Waals surface area contributed by atoms with E-state index >= 15 is 0 Å². The Labute approximate surface area is 435 Å². The second-order valence-corrected chi connectivity index (χ2v) is 19.3. The van der Waals surface area contributed by atoms with Crippen molar-refractivity contribution in [3.63, 3.8) is 0 Å². The molecule has 10 atom stereocenters. The third-order valence-corrected chi connectivity index (χ3v) is 12.6. The van der Waals surface area contributed by atoms with Crippen molar-refractivity contribution >= 4 is 65.2 Å². The molecule has 0 radical (unpaired) electrons. The van der Waals surface area contributed by atoms with Gasteiger partial charge in [-0.2, -0.15) is 0 Å². The molecule has 0 bridgehead atoms. The number of hydrogen-bond donors (Lipinski definition) is 12. The van der Waals surface area contributed by atoms with Crippen LogP contribution in [0.1, 0.15) is 104 Å². The Hall–Kier alpha value is -7.63. The largest absolute Gasteiger partial charge is 0.508 e. The predicted octanol–water partition coefficient (Wildman–Crippen LogP) is -0.165. The summed E-state index contributed by atoms with van der Waals surface area (Å²) >= 11 is 0. The number of rotatable bonds is 30. The lowest BCUT2D eigenvalue weighted by atomic mass is 9.97. The monoisotopic (exact) mass is 1050 g/mol. The Balaban J connectivity index is 1.73. The van der Waals surface area contributed by atoms with Crippen LogP contribution in [0.3, 0.4) is 0 Å². The fourth-order valence-corrected chi connectivity index (χ4v) is 8.12. The molecule has 24 heteroatoms. The summed E-state index contributed by atoms with van der Waals surface area (Å²) in [5.74, 6) is -11.2. The number of nitrogens with zero attached hydrogens (tertiary/aromatic N) is 1. The second-order valence-electron chi connectivity index (χ2n) is 19.3. The fraction of sp³-hybridized carbons (Fsp3) is 0.549. The van der Waals surface area contributed by atoms with Crippen LogP contribution in [0.25, 0.3) is 0 Å². The molecule has 24 nitrogen and oxygen atoms in total. The zero-order valence-corrected chi connectivity index (χ0v) is 43.1. The molecule has 3 rings (SSSR count). The molecule has 0 unspecified atom stereocenters. The lowest BCUT2D eigenvalue weighted by molar-refractivity contribution is -0.143. The van der Waals surface area contributed by atoms with E-state index in [0.29, 0.717) is 18.4 Å². The van der Waals surface area contributed by atoms with Gasteiger partial charge in [0.05, 0.1) is 6.04 Å². The molecular formula is C51H73N9O15. The highest BCUT2D eigenvalue weighted by Gasteiger charge is 2.41. The van der Waals surface area contributed by atoms with Crippen molar-refractivity contribution in [1.82, 2.24) is 42.1 Å². The number of benzene rings is 2. The van der Waals surface area contributed by atoms with E-state index in [1.54, 1.807) is 58.0 Å². The summed E-state index contributed by atoms with van der Waals surface area (Å²) in [6, 6.07) is 2.63. The number of phenolic OH excluding ortho intramolecular Hbond substituents is 1. The maximum absolute atomic E-state index is 14.3. The summed E-state index contributed by atoms with van der Waals surface area (Å²) in [6.45, 7) is 9.68. The van der Waals surface area contributed by atoms with Gasteiger partial charge in [0.1, 0.15) is 54.1 Å². The summed E-state index contributed by atoms with van der Waals surface area (Å²) in [6.07, 6.45) is -1.02. The van der Waals surface area contributed by atoms with E-state index in [4.69, 9.17) is 5.73 Å². The lowest BCUT2D eigenvalue weighted by Gasteiger charge is -2.32. The minimum Gasteiger partial charge on any atom is -0.508 e. The van der Waals surface area contributed by atoms with Gasteiger partial charge in [0.2, 0.25) is 47.3 Å². The number of carbonyl (C=O) groups excluding carboxylic acids is 8. The van der Waals surface area contributed by atoms with Gasteiger partial charge >= 0.3 is 17.9 Å². The van der Waals surface area contributed by atoms with Crippen molar-refractivity contribution < 1.29 is 73.2 Å². The molecule has 2 aromatic carbocycles. The molecule has 1 fully saturated rings. The van der Waals surface area contributed by atoms with Gasteiger partial charge < -0.3 is 68.3 Å². The highest BCUT2D eigenvalue weighted by molar-refractivity contribution is 5.98. The van der Waals surface area contributed by atoms with E-state index in [-0.39, 0.29) is 50.3 Å². The normalized spacial score (nSPS) is 16.7. The van der Waals surface area contributed by atoms with Crippen molar-refractivity contribution in [2.24, 2.45) is 17.6 Å². The second kappa shape index (κ2) is 29.9. The average Bonchev–Trinajstić information content (AvgIpc) is 3.85. The SMILES string of the molecule is CC[C@H](C)[C@H](NC(=O)[C@H](C)NC(=O)[C@H](CCC(=O)O)NC(=O)[C@@H](N)Cc1ccccc1)C(=O)N1CCC[C@H]1C(=O)N[C@@H](C)C(=O)N[C@@H](CCC(=O)O)C(=O)N[C@@H](Cc1ccc(O)cc1)C(=O)N[C@@H](CC(C)C)C(=O)O. The molecule has 8 amide bonds. The Morgan fingerprint density at radius 1 is 0.600 bits per heavy atom. The van der Waals surface area contributed by atoms with Gasteiger partial charge in [0.15, 0.2) is 0 Å². The number of amides is 8. The molecule has 2 aromatic rings. The molecule has 1 heterocycles. The lowest BCUT2D eigenvalue weighted by Crippen LogP contribution is -2.60. The quantitative estimate of drug-likeness (QED) is 0.0483. The molecule has 0 saturated carbocycles. The van der Waals surface area contributed by atoms with E-state index in [2.05, 4.69) is 37.2 Å².